The van der Waals surface area contributed by atoms with E-state index in [9.17, 15) is 4.79 Å². The number of rotatable bonds is 5. The molecule has 132 valence electrons. The SMILES string of the molecule is COc1ccc(C=NN=C2NC(=O)/C(=C/c3ccccc3)S2)cc1OC. The minimum absolute atomic E-state index is 0.182. The van der Waals surface area contributed by atoms with Crippen LogP contribution in [0.2, 0.25) is 0 Å². The average Bonchev–Trinajstić information content (AvgIpc) is 3.01. The molecule has 0 spiro atoms. The van der Waals surface area contributed by atoms with Crippen LogP contribution < -0.4 is 14.8 Å². The van der Waals surface area contributed by atoms with Crippen molar-refractivity contribution in [3.05, 3.63) is 64.6 Å². The zero-order valence-electron chi connectivity index (χ0n) is 14.3. The molecular weight excluding hydrogens is 350 g/mol. The summed E-state index contributed by atoms with van der Waals surface area (Å²) in [5.74, 6) is 1.07. The number of hydrogen-bond donors (Lipinski definition) is 1. The van der Waals surface area contributed by atoms with Crippen molar-refractivity contribution in [2.75, 3.05) is 14.2 Å². The Morgan fingerprint density at radius 1 is 1.00 bits per heavy atom. The molecule has 1 heterocycles. The van der Waals surface area contributed by atoms with Crippen LogP contribution in [0.4, 0.5) is 0 Å². The number of amides is 1. The molecule has 0 saturated carbocycles. The molecule has 26 heavy (non-hydrogen) atoms. The molecule has 0 bridgehead atoms. The minimum Gasteiger partial charge on any atom is -0.493 e. The van der Waals surface area contributed by atoms with Crippen LogP contribution in [0, 0.1) is 0 Å². The van der Waals surface area contributed by atoms with Gasteiger partial charge in [0.1, 0.15) is 0 Å². The van der Waals surface area contributed by atoms with Gasteiger partial charge in [-0.05, 0) is 47.2 Å². The Morgan fingerprint density at radius 3 is 2.50 bits per heavy atom. The lowest BCUT2D eigenvalue weighted by molar-refractivity contribution is -0.115. The van der Waals surface area contributed by atoms with Crippen molar-refractivity contribution in [3.63, 3.8) is 0 Å². The van der Waals surface area contributed by atoms with E-state index in [4.69, 9.17) is 9.47 Å². The van der Waals surface area contributed by atoms with E-state index < -0.39 is 0 Å². The first-order chi connectivity index (χ1) is 12.7. The number of nitrogens with one attached hydrogen (secondary N) is 1. The summed E-state index contributed by atoms with van der Waals surface area (Å²) in [5, 5.41) is 11.2. The smallest absolute Gasteiger partial charge is 0.264 e. The van der Waals surface area contributed by atoms with Gasteiger partial charge in [-0.25, -0.2) is 0 Å². The van der Waals surface area contributed by atoms with Crippen LogP contribution in [0.25, 0.3) is 6.08 Å². The van der Waals surface area contributed by atoms with Crippen molar-refractivity contribution in [2.24, 2.45) is 10.2 Å². The molecule has 2 aromatic carbocycles. The zero-order valence-corrected chi connectivity index (χ0v) is 15.1. The number of nitrogens with zero attached hydrogens (tertiary/aromatic N) is 2. The largest absolute Gasteiger partial charge is 0.493 e. The summed E-state index contributed by atoms with van der Waals surface area (Å²) in [6, 6.07) is 15.1. The number of amidine groups is 1. The lowest BCUT2D eigenvalue weighted by atomic mass is 10.2. The fraction of sp³-hybridized carbons (Fsp3) is 0.105. The van der Waals surface area contributed by atoms with Crippen molar-refractivity contribution in [2.45, 2.75) is 0 Å². The highest BCUT2D eigenvalue weighted by atomic mass is 32.2. The van der Waals surface area contributed by atoms with Crippen LogP contribution in [-0.4, -0.2) is 31.5 Å². The highest BCUT2D eigenvalue weighted by Crippen LogP contribution is 2.27. The Morgan fingerprint density at radius 2 is 1.77 bits per heavy atom. The van der Waals surface area contributed by atoms with Crippen molar-refractivity contribution in [3.8, 4) is 11.5 Å². The van der Waals surface area contributed by atoms with Gasteiger partial charge in [0.15, 0.2) is 16.7 Å². The molecule has 2 aromatic rings. The average molecular weight is 367 g/mol. The van der Waals surface area contributed by atoms with E-state index in [0.717, 1.165) is 11.1 Å². The van der Waals surface area contributed by atoms with E-state index in [1.165, 1.54) is 11.8 Å². The lowest BCUT2D eigenvalue weighted by Gasteiger charge is -2.07. The van der Waals surface area contributed by atoms with Gasteiger partial charge in [0.2, 0.25) is 0 Å². The molecule has 0 unspecified atom stereocenters. The first-order valence-corrected chi connectivity index (χ1v) is 8.60. The number of benzene rings is 2. The molecule has 1 amide bonds. The van der Waals surface area contributed by atoms with E-state index in [2.05, 4.69) is 15.5 Å². The number of carbonyl (C=O) groups is 1. The molecule has 3 rings (SSSR count). The van der Waals surface area contributed by atoms with Gasteiger partial charge in [-0.15, -0.1) is 5.10 Å². The van der Waals surface area contributed by atoms with Gasteiger partial charge in [0, 0.05) is 0 Å². The van der Waals surface area contributed by atoms with Crippen LogP contribution >= 0.6 is 11.8 Å². The molecule has 0 aromatic heterocycles. The van der Waals surface area contributed by atoms with Crippen molar-refractivity contribution < 1.29 is 14.3 Å². The third-order valence-corrected chi connectivity index (χ3v) is 4.41. The summed E-state index contributed by atoms with van der Waals surface area (Å²) in [6.07, 6.45) is 3.40. The summed E-state index contributed by atoms with van der Waals surface area (Å²) in [7, 11) is 3.16. The van der Waals surface area contributed by atoms with Crippen molar-refractivity contribution in [1.82, 2.24) is 5.32 Å². The predicted molar refractivity (Wildman–Crippen MR) is 105 cm³/mol. The fourth-order valence-corrected chi connectivity index (χ4v) is 3.04. The molecule has 7 heteroatoms. The molecule has 0 atom stereocenters. The number of hydrogen-bond acceptors (Lipinski definition) is 6. The zero-order chi connectivity index (χ0) is 18.4. The van der Waals surface area contributed by atoms with Crippen LogP contribution in [0.1, 0.15) is 11.1 Å². The summed E-state index contributed by atoms with van der Waals surface area (Å²) in [6.45, 7) is 0. The third-order valence-electron chi connectivity index (χ3n) is 3.51. The Hall–Kier alpha value is -3.06. The summed E-state index contributed by atoms with van der Waals surface area (Å²) < 4.78 is 10.4. The van der Waals surface area contributed by atoms with E-state index in [0.29, 0.717) is 21.6 Å². The predicted octanol–water partition coefficient (Wildman–Crippen LogP) is 3.30. The lowest BCUT2D eigenvalue weighted by Crippen LogP contribution is -2.19. The van der Waals surface area contributed by atoms with E-state index in [1.54, 1.807) is 32.6 Å². The molecule has 6 nitrogen and oxygen atoms in total. The minimum atomic E-state index is -0.182. The molecule has 1 N–H and O–H groups in total. The molecule has 1 fully saturated rings. The molecule has 0 aliphatic carbocycles. The van der Waals surface area contributed by atoms with Gasteiger partial charge in [-0.1, -0.05) is 30.3 Å². The van der Waals surface area contributed by atoms with Gasteiger partial charge >= 0.3 is 0 Å². The topological polar surface area (TPSA) is 72.3 Å². The maximum absolute atomic E-state index is 12.0. The normalized spacial score (nSPS) is 17.1. The quantitative estimate of drug-likeness (QED) is 0.500. The molecule has 0 radical (unpaired) electrons. The number of ether oxygens (including phenoxy) is 2. The van der Waals surface area contributed by atoms with Crippen LogP contribution in [0.15, 0.2) is 63.6 Å². The van der Waals surface area contributed by atoms with Crippen LogP contribution in [-0.2, 0) is 4.79 Å². The first-order valence-electron chi connectivity index (χ1n) is 7.78. The van der Waals surface area contributed by atoms with Crippen molar-refractivity contribution in [1.29, 1.82) is 0 Å². The number of methoxy groups -OCH3 is 2. The Balaban J connectivity index is 1.71. The first kappa shape index (κ1) is 17.8. The molecule has 1 aliphatic heterocycles. The summed E-state index contributed by atoms with van der Waals surface area (Å²) >= 11 is 1.25. The maximum atomic E-state index is 12.0. The van der Waals surface area contributed by atoms with Crippen molar-refractivity contribution >= 4 is 35.1 Å². The second kappa shape index (κ2) is 8.35. The van der Waals surface area contributed by atoms with Gasteiger partial charge in [-0.2, -0.15) is 5.10 Å². The van der Waals surface area contributed by atoms with E-state index in [-0.39, 0.29) is 5.91 Å². The van der Waals surface area contributed by atoms with Gasteiger partial charge in [-0.3, -0.25) is 10.1 Å². The molecule has 1 saturated heterocycles. The van der Waals surface area contributed by atoms with E-state index >= 15 is 0 Å². The summed E-state index contributed by atoms with van der Waals surface area (Å²) in [5.41, 5.74) is 1.77. The highest BCUT2D eigenvalue weighted by molar-refractivity contribution is 8.18. The van der Waals surface area contributed by atoms with Gasteiger partial charge < -0.3 is 9.47 Å². The standard InChI is InChI=1S/C19H17N3O3S/c1-24-15-9-8-14(10-16(15)25-2)12-20-22-19-21-18(23)17(26-19)11-13-6-4-3-5-7-13/h3-12H,1-2H3,(H,21,22,23)/b17-11-,20-12?. The molecule has 1 aliphatic rings. The Labute approximate surface area is 155 Å². The monoisotopic (exact) mass is 367 g/mol. The van der Waals surface area contributed by atoms with Crippen LogP contribution in [0.3, 0.4) is 0 Å². The second-order valence-corrected chi connectivity index (χ2v) is 6.27. The fourth-order valence-electron chi connectivity index (χ4n) is 2.26. The second-order valence-electron chi connectivity index (χ2n) is 5.24. The Bertz CT molecular complexity index is 892. The summed E-state index contributed by atoms with van der Waals surface area (Å²) in [4.78, 5) is 12.6. The number of carbonyl (C=O) groups excluding carboxylic acids is 1. The highest BCUT2D eigenvalue weighted by Gasteiger charge is 2.23. The van der Waals surface area contributed by atoms with Gasteiger partial charge in [0.25, 0.3) is 5.91 Å². The van der Waals surface area contributed by atoms with Gasteiger partial charge in [0.05, 0.1) is 25.3 Å². The third kappa shape index (κ3) is 4.31. The Kier molecular flexibility index (Phi) is 5.70. The number of thioether (sulfide) groups is 1. The molecular formula is C19H17N3O3S. The maximum Gasteiger partial charge on any atom is 0.264 e. The van der Waals surface area contributed by atoms with Crippen LogP contribution in [0.5, 0.6) is 11.5 Å². The van der Waals surface area contributed by atoms with E-state index in [1.807, 2.05) is 42.5 Å².